The molecule has 1 amide bonds. The Kier molecular flexibility index (Phi) is 3.58. The number of halogens is 3. The van der Waals surface area contributed by atoms with Gasteiger partial charge in [-0.1, -0.05) is 0 Å². The highest BCUT2D eigenvalue weighted by Gasteiger charge is 2.39. The molecule has 0 bridgehead atoms. The fourth-order valence-electron chi connectivity index (χ4n) is 1.75. The van der Waals surface area contributed by atoms with E-state index < -0.39 is 17.8 Å². The molecule has 0 aromatic carbocycles. The van der Waals surface area contributed by atoms with Crippen LogP contribution in [-0.2, 0) is 6.18 Å². The van der Waals surface area contributed by atoms with E-state index in [4.69, 9.17) is 0 Å². The predicted molar refractivity (Wildman–Crippen MR) is 60.5 cm³/mol. The second-order valence-corrected chi connectivity index (χ2v) is 4.98. The summed E-state index contributed by atoms with van der Waals surface area (Å²) in [7, 11) is 1.91. The van der Waals surface area contributed by atoms with Crippen molar-refractivity contribution < 1.29 is 18.0 Å². The summed E-state index contributed by atoms with van der Waals surface area (Å²) in [5, 5.41) is 0. The summed E-state index contributed by atoms with van der Waals surface area (Å²) in [6.45, 7) is 2.24. The maximum Gasteiger partial charge on any atom is 0.434 e. The summed E-state index contributed by atoms with van der Waals surface area (Å²) in [5.74, 6) is -0.571. The molecule has 1 aliphatic heterocycles. The van der Waals surface area contributed by atoms with Crippen LogP contribution in [0.3, 0.4) is 0 Å². The van der Waals surface area contributed by atoms with Crippen molar-refractivity contribution in [1.82, 2.24) is 14.8 Å². The van der Waals surface area contributed by atoms with Crippen molar-refractivity contribution in [2.75, 3.05) is 33.2 Å². The Labute approximate surface area is 106 Å². The smallest absolute Gasteiger partial charge is 0.335 e. The lowest BCUT2D eigenvalue weighted by molar-refractivity contribution is -0.141. The molecule has 100 valence electrons. The predicted octanol–water partition coefficient (Wildman–Crippen LogP) is 1.55. The molecule has 1 fully saturated rings. The number of carbonyl (C=O) groups is 1. The van der Waals surface area contributed by atoms with Crippen molar-refractivity contribution in [3.05, 3.63) is 16.1 Å². The van der Waals surface area contributed by atoms with Gasteiger partial charge in [-0.05, 0) is 7.05 Å². The van der Waals surface area contributed by atoms with E-state index >= 15 is 0 Å². The molecule has 1 aliphatic rings. The maximum absolute atomic E-state index is 12.6. The van der Waals surface area contributed by atoms with Crippen molar-refractivity contribution in [1.29, 1.82) is 0 Å². The molecule has 0 spiro atoms. The fourth-order valence-corrected chi connectivity index (χ4v) is 2.53. The molecule has 4 nitrogen and oxygen atoms in total. The second kappa shape index (κ2) is 4.85. The third-order valence-electron chi connectivity index (χ3n) is 2.82. The Bertz CT molecular complexity index is 438. The normalized spacial score (nSPS) is 18.1. The van der Waals surface area contributed by atoms with Gasteiger partial charge in [-0.25, -0.2) is 4.98 Å². The third kappa shape index (κ3) is 2.64. The van der Waals surface area contributed by atoms with Gasteiger partial charge in [0.1, 0.15) is 4.88 Å². The van der Waals surface area contributed by atoms with Gasteiger partial charge in [0.05, 0.1) is 5.51 Å². The summed E-state index contributed by atoms with van der Waals surface area (Å²) < 4.78 is 37.9. The van der Waals surface area contributed by atoms with Crippen LogP contribution in [0.15, 0.2) is 5.51 Å². The minimum absolute atomic E-state index is 0.313. The van der Waals surface area contributed by atoms with E-state index in [0.717, 1.165) is 16.8 Å². The van der Waals surface area contributed by atoms with Gasteiger partial charge in [0.15, 0.2) is 5.69 Å². The molecular formula is C10H12F3N3OS. The Morgan fingerprint density at radius 3 is 2.50 bits per heavy atom. The molecule has 0 aliphatic carbocycles. The first-order valence-electron chi connectivity index (χ1n) is 5.38. The van der Waals surface area contributed by atoms with Crippen LogP contribution in [0, 0.1) is 0 Å². The zero-order chi connectivity index (χ0) is 13.3. The van der Waals surface area contributed by atoms with Crippen LogP contribution in [0.25, 0.3) is 0 Å². The topological polar surface area (TPSA) is 36.4 Å². The molecule has 8 heteroatoms. The first-order valence-corrected chi connectivity index (χ1v) is 6.26. The number of likely N-dealkylation sites (N-methyl/N-ethyl adjacent to an activating group) is 1. The molecule has 1 aromatic rings. The third-order valence-corrected chi connectivity index (χ3v) is 3.64. The lowest BCUT2D eigenvalue weighted by Gasteiger charge is -2.32. The zero-order valence-corrected chi connectivity index (χ0v) is 10.5. The van der Waals surface area contributed by atoms with E-state index in [1.165, 1.54) is 4.90 Å². The number of nitrogens with zero attached hydrogens (tertiary/aromatic N) is 3. The van der Waals surface area contributed by atoms with Crippen molar-refractivity contribution >= 4 is 17.2 Å². The molecule has 0 radical (unpaired) electrons. The van der Waals surface area contributed by atoms with Crippen molar-refractivity contribution in [2.24, 2.45) is 0 Å². The quantitative estimate of drug-likeness (QED) is 0.782. The summed E-state index contributed by atoms with van der Waals surface area (Å²) in [6, 6.07) is 0. The van der Waals surface area contributed by atoms with Gasteiger partial charge in [0.25, 0.3) is 5.91 Å². The van der Waals surface area contributed by atoms with E-state index in [2.05, 4.69) is 4.98 Å². The number of thiazole rings is 1. The highest BCUT2D eigenvalue weighted by Crippen LogP contribution is 2.33. The van der Waals surface area contributed by atoms with Gasteiger partial charge in [-0.2, -0.15) is 13.2 Å². The van der Waals surface area contributed by atoms with Crippen LogP contribution in [0.2, 0.25) is 0 Å². The van der Waals surface area contributed by atoms with Gasteiger partial charge >= 0.3 is 6.18 Å². The second-order valence-electron chi connectivity index (χ2n) is 4.12. The van der Waals surface area contributed by atoms with Crippen LogP contribution < -0.4 is 0 Å². The number of hydrogen-bond donors (Lipinski definition) is 0. The molecule has 0 saturated carbocycles. The van der Waals surface area contributed by atoms with E-state index in [9.17, 15) is 18.0 Å². The van der Waals surface area contributed by atoms with Gasteiger partial charge in [-0.15, -0.1) is 11.3 Å². The molecule has 1 aromatic heterocycles. The van der Waals surface area contributed by atoms with Crippen LogP contribution in [0.5, 0.6) is 0 Å². The van der Waals surface area contributed by atoms with Gasteiger partial charge in [0.2, 0.25) is 0 Å². The largest absolute Gasteiger partial charge is 0.434 e. The number of rotatable bonds is 1. The number of aromatic nitrogens is 1. The molecular weight excluding hydrogens is 267 g/mol. The number of amides is 1. The van der Waals surface area contributed by atoms with Gasteiger partial charge in [0, 0.05) is 26.2 Å². The Hall–Kier alpha value is -1.15. The van der Waals surface area contributed by atoms with Crippen molar-refractivity contribution in [3.8, 4) is 0 Å². The fraction of sp³-hybridized carbons (Fsp3) is 0.600. The highest BCUT2D eigenvalue weighted by molar-refractivity contribution is 7.11. The number of hydrogen-bond acceptors (Lipinski definition) is 4. The average molecular weight is 279 g/mol. The van der Waals surface area contributed by atoms with Crippen molar-refractivity contribution in [2.45, 2.75) is 6.18 Å². The van der Waals surface area contributed by atoms with Gasteiger partial charge < -0.3 is 9.80 Å². The lowest BCUT2D eigenvalue weighted by Crippen LogP contribution is -2.47. The van der Waals surface area contributed by atoms with Crippen molar-refractivity contribution in [3.63, 3.8) is 0 Å². The molecule has 1 saturated heterocycles. The Balaban J connectivity index is 2.17. The van der Waals surface area contributed by atoms with E-state index in [1.807, 2.05) is 11.9 Å². The summed E-state index contributed by atoms with van der Waals surface area (Å²) in [5.41, 5.74) is -0.0111. The first-order chi connectivity index (χ1) is 8.39. The number of alkyl halides is 3. The Morgan fingerprint density at radius 2 is 1.94 bits per heavy atom. The van der Waals surface area contributed by atoms with Crippen LogP contribution >= 0.6 is 11.3 Å². The summed E-state index contributed by atoms with van der Waals surface area (Å²) in [6.07, 6.45) is -4.57. The molecule has 18 heavy (non-hydrogen) atoms. The number of carbonyl (C=O) groups excluding carboxylic acids is 1. The molecule has 2 rings (SSSR count). The summed E-state index contributed by atoms with van der Waals surface area (Å²) >= 11 is 0.743. The monoisotopic (exact) mass is 279 g/mol. The SMILES string of the molecule is CN1CCN(C(=O)c2scnc2C(F)(F)F)CC1. The van der Waals surface area contributed by atoms with Crippen LogP contribution in [0.1, 0.15) is 15.4 Å². The molecule has 0 unspecified atom stereocenters. The Morgan fingerprint density at radius 1 is 1.33 bits per heavy atom. The van der Waals surface area contributed by atoms with E-state index in [1.54, 1.807) is 0 Å². The standard InChI is InChI=1S/C10H12F3N3OS/c1-15-2-4-16(5-3-15)9(17)7-8(10(11,12)13)14-6-18-7/h6H,2-5H2,1H3. The zero-order valence-electron chi connectivity index (χ0n) is 9.70. The first kappa shape index (κ1) is 13.3. The average Bonchev–Trinajstić information content (AvgIpc) is 2.77. The highest BCUT2D eigenvalue weighted by atomic mass is 32.1. The summed E-state index contributed by atoms with van der Waals surface area (Å²) in [4.78, 5) is 18.4. The van der Waals surface area contributed by atoms with E-state index in [0.29, 0.717) is 26.2 Å². The minimum atomic E-state index is -4.57. The molecule has 2 heterocycles. The van der Waals surface area contributed by atoms with Crippen LogP contribution in [-0.4, -0.2) is 53.9 Å². The lowest BCUT2D eigenvalue weighted by atomic mass is 10.2. The van der Waals surface area contributed by atoms with Gasteiger partial charge in [-0.3, -0.25) is 4.79 Å². The molecule has 0 N–H and O–H groups in total. The maximum atomic E-state index is 12.6. The van der Waals surface area contributed by atoms with Crippen LogP contribution in [0.4, 0.5) is 13.2 Å². The minimum Gasteiger partial charge on any atom is -0.335 e. The van der Waals surface area contributed by atoms with E-state index in [-0.39, 0.29) is 4.88 Å². The number of piperazine rings is 1. The molecule has 0 atom stereocenters.